The van der Waals surface area contributed by atoms with Crippen molar-refractivity contribution in [1.29, 1.82) is 0 Å². The number of carboxylic acids is 1. The Kier molecular flexibility index (Phi) is 11.8. The first-order valence-electron chi connectivity index (χ1n) is 17.0. The van der Waals surface area contributed by atoms with Crippen LogP contribution in [0.4, 0.5) is 17.6 Å². The molecule has 1 saturated heterocycles. The van der Waals surface area contributed by atoms with Crippen molar-refractivity contribution in [2.45, 2.75) is 71.6 Å². The summed E-state index contributed by atoms with van der Waals surface area (Å²) in [6.45, 7) is 13.7. The minimum atomic E-state index is -1.01. The molecule has 3 aliphatic rings. The number of hydrogen-bond acceptors (Lipinski definition) is 12. The molecular formula is C36H47N7O7. The number of carboxylic acid groups (broad SMARTS) is 1. The van der Waals surface area contributed by atoms with Gasteiger partial charge in [-0.1, -0.05) is 12.1 Å². The zero-order valence-corrected chi connectivity index (χ0v) is 29.2. The molecule has 4 heterocycles. The molecule has 0 aliphatic carbocycles. The Morgan fingerprint density at radius 3 is 2.42 bits per heavy atom. The van der Waals surface area contributed by atoms with E-state index in [1.807, 2.05) is 52.0 Å². The van der Waals surface area contributed by atoms with E-state index in [-0.39, 0.29) is 30.6 Å². The van der Waals surface area contributed by atoms with E-state index in [4.69, 9.17) is 18.9 Å². The molecule has 1 aromatic heterocycles. The third kappa shape index (κ3) is 10.1. The summed E-state index contributed by atoms with van der Waals surface area (Å²) < 4.78 is 23.6. The molecule has 0 unspecified atom stereocenters. The lowest BCUT2D eigenvalue weighted by molar-refractivity contribution is -0.141. The largest absolute Gasteiger partial charge is 0.494 e. The minimum absolute atomic E-state index is 0.149. The number of benzene rings is 2. The normalized spacial score (nSPS) is 18.3. The molecule has 6 bridgehead atoms. The second-order valence-electron chi connectivity index (χ2n) is 13.2. The van der Waals surface area contributed by atoms with E-state index in [1.54, 1.807) is 23.1 Å². The smallest absolute Gasteiger partial charge is 0.323 e. The first-order chi connectivity index (χ1) is 24.0. The first kappa shape index (κ1) is 36.0. The van der Waals surface area contributed by atoms with Gasteiger partial charge in [-0.2, -0.15) is 15.0 Å². The van der Waals surface area contributed by atoms with Gasteiger partial charge in [-0.3, -0.25) is 9.59 Å². The predicted molar refractivity (Wildman–Crippen MR) is 188 cm³/mol. The summed E-state index contributed by atoms with van der Waals surface area (Å²) in [7, 11) is 0. The summed E-state index contributed by atoms with van der Waals surface area (Å²) in [5.41, 5.74) is 1.36. The van der Waals surface area contributed by atoms with E-state index in [9.17, 15) is 14.7 Å². The monoisotopic (exact) mass is 689 g/mol. The van der Waals surface area contributed by atoms with E-state index >= 15 is 0 Å². The van der Waals surface area contributed by atoms with Crippen molar-refractivity contribution in [1.82, 2.24) is 25.2 Å². The maximum absolute atomic E-state index is 13.8. The number of carbonyl (C=O) groups is 2. The van der Waals surface area contributed by atoms with Crippen LogP contribution in [0.1, 0.15) is 69.3 Å². The summed E-state index contributed by atoms with van der Waals surface area (Å²) in [4.78, 5) is 41.0. The second kappa shape index (κ2) is 16.4. The molecule has 14 heteroatoms. The molecular weight excluding hydrogens is 642 g/mol. The number of fused-ring (bicyclic) bond motifs is 10. The molecule has 2 aromatic carbocycles. The van der Waals surface area contributed by atoms with Gasteiger partial charge in [0, 0.05) is 31.4 Å². The van der Waals surface area contributed by atoms with Crippen LogP contribution in [-0.2, 0) is 16.1 Å². The van der Waals surface area contributed by atoms with Crippen LogP contribution in [-0.4, -0.2) is 81.4 Å². The van der Waals surface area contributed by atoms with E-state index in [0.29, 0.717) is 49.6 Å². The van der Waals surface area contributed by atoms with Gasteiger partial charge in [0.05, 0.1) is 37.3 Å². The number of hydrogen-bond donors (Lipinski definition) is 4. The van der Waals surface area contributed by atoms with Crippen molar-refractivity contribution in [3.05, 3.63) is 66.1 Å². The second-order valence-corrected chi connectivity index (χ2v) is 13.2. The molecule has 3 aliphatic heterocycles. The van der Waals surface area contributed by atoms with Gasteiger partial charge in [0.25, 0.3) is 5.91 Å². The lowest BCUT2D eigenvalue weighted by Crippen LogP contribution is -2.43. The van der Waals surface area contributed by atoms with Crippen molar-refractivity contribution < 1.29 is 33.6 Å². The molecule has 1 fully saturated rings. The van der Waals surface area contributed by atoms with Gasteiger partial charge in [0.2, 0.25) is 11.9 Å². The van der Waals surface area contributed by atoms with Crippen LogP contribution in [0.3, 0.4) is 0 Å². The molecule has 14 nitrogen and oxygen atoms in total. The van der Waals surface area contributed by atoms with Crippen LogP contribution in [0.25, 0.3) is 0 Å². The Hall–Kier alpha value is -5.27. The topological polar surface area (TPSA) is 169 Å². The van der Waals surface area contributed by atoms with E-state index in [2.05, 4.69) is 37.5 Å². The lowest BCUT2D eigenvalue weighted by Gasteiger charge is -2.28. The molecule has 268 valence electrons. The lowest BCUT2D eigenvalue weighted by atomic mass is 10.0. The van der Waals surface area contributed by atoms with Gasteiger partial charge in [-0.15, -0.1) is 0 Å². The molecule has 0 radical (unpaired) electrons. The van der Waals surface area contributed by atoms with Gasteiger partial charge in [-0.05, 0) is 89.8 Å². The molecule has 50 heavy (non-hydrogen) atoms. The summed E-state index contributed by atoms with van der Waals surface area (Å²) in [6.07, 6.45) is 3.54. The number of carbonyl (C=O) groups excluding carboxylic acids is 1. The molecule has 1 amide bonds. The molecule has 0 spiro atoms. The van der Waals surface area contributed by atoms with Crippen LogP contribution in [0.15, 0.2) is 54.9 Å². The van der Waals surface area contributed by atoms with E-state index in [0.717, 1.165) is 37.0 Å². The summed E-state index contributed by atoms with van der Waals surface area (Å²) >= 11 is 0. The number of amides is 1. The molecule has 2 atom stereocenters. The van der Waals surface area contributed by atoms with Crippen LogP contribution in [0.5, 0.6) is 17.5 Å². The van der Waals surface area contributed by atoms with Gasteiger partial charge >= 0.3 is 12.0 Å². The van der Waals surface area contributed by atoms with Gasteiger partial charge in [0.15, 0.2) is 5.88 Å². The number of aromatic nitrogens is 3. The number of rotatable bonds is 7. The third-order valence-electron chi connectivity index (χ3n) is 8.04. The van der Waals surface area contributed by atoms with Crippen LogP contribution >= 0.6 is 0 Å². The highest BCUT2D eigenvalue weighted by Gasteiger charge is 2.40. The van der Waals surface area contributed by atoms with Gasteiger partial charge in [-0.25, -0.2) is 0 Å². The van der Waals surface area contributed by atoms with Crippen LogP contribution in [0, 0.1) is 5.92 Å². The maximum Gasteiger partial charge on any atom is 0.323 e. The third-order valence-corrected chi connectivity index (χ3v) is 8.04. The number of ether oxygens (including phenoxy) is 4. The number of anilines is 3. The Morgan fingerprint density at radius 2 is 1.72 bits per heavy atom. The summed E-state index contributed by atoms with van der Waals surface area (Å²) in [6, 6.07) is 12.4. The van der Waals surface area contributed by atoms with E-state index < -0.39 is 29.4 Å². The summed E-state index contributed by atoms with van der Waals surface area (Å²) in [5, 5.41) is 19.3. The highest BCUT2D eigenvalue weighted by molar-refractivity contribution is 5.98. The van der Waals surface area contributed by atoms with Gasteiger partial charge in [0.1, 0.15) is 17.1 Å². The van der Waals surface area contributed by atoms with Gasteiger partial charge < -0.3 is 44.9 Å². The standard InChI is InChI=1S/C36H47N7O7/c1-6-47-35-41-33-37-20-24-11-14-26(15-12-24)48-17-9-7-8-10-18-49-30-19-25(38-34(40-33)42-35)13-16-27(30)31(44)39-29-22-43(21-28(29)32(45)46)23(2)50-36(3,4)5/h11-16,19,28-29H,2,6-10,17-18,20-22H2,1,3-5H3,(H,39,44)(H,45,46)(H2,37,38,40,41,42)/t28-,29+/m0/s1. The van der Waals surface area contributed by atoms with Crippen molar-refractivity contribution in [3.63, 3.8) is 0 Å². The number of aliphatic carboxylic acids is 1. The molecule has 0 saturated carbocycles. The highest BCUT2D eigenvalue weighted by Crippen LogP contribution is 2.29. The highest BCUT2D eigenvalue weighted by atomic mass is 16.5. The van der Waals surface area contributed by atoms with Crippen molar-refractivity contribution >= 4 is 29.5 Å². The number of likely N-dealkylation sites (tertiary alicyclic amines) is 1. The number of nitrogens with one attached hydrogen (secondary N) is 3. The van der Waals surface area contributed by atoms with Crippen molar-refractivity contribution in [2.75, 3.05) is 43.5 Å². The molecule has 4 N–H and O–H groups in total. The van der Waals surface area contributed by atoms with Crippen molar-refractivity contribution in [2.24, 2.45) is 5.92 Å². The Bertz CT molecular complexity index is 1640. The average molecular weight is 690 g/mol. The fourth-order valence-corrected chi connectivity index (χ4v) is 5.60. The summed E-state index contributed by atoms with van der Waals surface area (Å²) in [5.74, 6) is -0.268. The first-order valence-corrected chi connectivity index (χ1v) is 17.0. The number of nitrogens with zero attached hydrogens (tertiary/aromatic N) is 4. The van der Waals surface area contributed by atoms with E-state index in [1.165, 1.54) is 0 Å². The predicted octanol–water partition coefficient (Wildman–Crippen LogP) is 5.36. The fourth-order valence-electron chi connectivity index (χ4n) is 5.60. The zero-order valence-electron chi connectivity index (χ0n) is 29.2. The van der Waals surface area contributed by atoms with Crippen LogP contribution in [0.2, 0.25) is 0 Å². The quantitative estimate of drug-likeness (QED) is 0.234. The van der Waals surface area contributed by atoms with Crippen LogP contribution < -0.4 is 30.2 Å². The average Bonchev–Trinajstić information content (AvgIpc) is 3.49. The maximum atomic E-state index is 13.8. The molecule has 6 rings (SSSR count). The fraction of sp³-hybridized carbons (Fsp3) is 0.472. The minimum Gasteiger partial charge on any atom is -0.494 e. The SMILES string of the molecule is C=C(OC(C)(C)C)N1C[C@H](C(=O)O)[C@H](NC(=O)c2ccc3cc2OCCCCCCOc2ccc(cc2)CNc2nc(nc(OCC)n2)N3)C1. The zero-order chi connectivity index (χ0) is 35.7. The molecule has 3 aromatic rings. The Balaban J connectivity index is 1.38. The Labute approximate surface area is 292 Å². The van der Waals surface area contributed by atoms with Crippen molar-refractivity contribution in [3.8, 4) is 17.5 Å². The Morgan fingerprint density at radius 1 is 1.00 bits per heavy atom.